The molecule has 0 bridgehead atoms. The van der Waals surface area contributed by atoms with Crippen molar-refractivity contribution in [2.24, 2.45) is 0 Å². The molecule has 28 heavy (non-hydrogen) atoms. The van der Waals surface area contributed by atoms with Crippen LogP contribution in [-0.4, -0.2) is 44.9 Å². The summed E-state index contributed by atoms with van der Waals surface area (Å²) < 4.78 is 21.3. The van der Waals surface area contributed by atoms with Crippen molar-refractivity contribution in [3.63, 3.8) is 0 Å². The number of hydrogen-bond donors (Lipinski definition) is 1. The summed E-state index contributed by atoms with van der Waals surface area (Å²) in [6.45, 7) is 0.895. The van der Waals surface area contributed by atoms with E-state index >= 15 is 0 Å². The lowest BCUT2D eigenvalue weighted by Crippen LogP contribution is -2.21. The minimum absolute atomic E-state index is 0.132. The van der Waals surface area contributed by atoms with Gasteiger partial charge in [0.05, 0.1) is 18.8 Å². The number of carbonyl (C=O) groups is 2. The Hall–Kier alpha value is -3.06. The molecule has 7 heteroatoms. The van der Waals surface area contributed by atoms with E-state index in [1.54, 1.807) is 55.6 Å². The van der Waals surface area contributed by atoms with Crippen LogP contribution < -0.4 is 14.8 Å². The fraction of sp³-hybridized carbons (Fsp3) is 0.333. The van der Waals surface area contributed by atoms with Crippen LogP contribution >= 0.6 is 0 Å². The van der Waals surface area contributed by atoms with E-state index in [4.69, 9.17) is 18.9 Å². The van der Waals surface area contributed by atoms with Crippen LogP contribution in [0.25, 0.3) is 0 Å². The number of benzene rings is 2. The Morgan fingerprint density at radius 2 is 1.96 bits per heavy atom. The Morgan fingerprint density at radius 3 is 2.68 bits per heavy atom. The monoisotopic (exact) mass is 385 g/mol. The molecule has 1 amide bonds. The summed E-state index contributed by atoms with van der Waals surface area (Å²) in [5, 5.41) is 2.65. The average molecular weight is 385 g/mol. The standard InChI is InChI=1S/C21H23NO6/c1-25-18-5-2-4-16(12-18)22-20(23)14-28-21(24)15-7-9-17(10-8-15)27-13-19-6-3-11-26-19/h2,4-5,7-10,12,19H,3,6,11,13-14H2,1H3,(H,22,23). The third kappa shape index (κ3) is 5.72. The first-order valence-corrected chi connectivity index (χ1v) is 9.09. The smallest absolute Gasteiger partial charge is 0.338 e. The van der Waals surface area contributed by atoms with E-state index in [9.17, 15) is 9.59 Å². The van der Waals surface area contributed by atoms with Crippen molar-refractivity contribution in [3.8, 4) is 11.5 Å². The maximum absolute atomic E-state index is 12.1. The van der Waals surface area contributed by atoms with Gasteiger partial charge >= 0.3 is 5.97 Å². The van der Waals surface area contributed by atoms with Gasteiger partial charge in [-0.25, -0.2) is 4.79 Å². The number of carbonyl (C=O) groups excluding carboxylic acids is 2. The molecule has 1 aliphatic heterocycles. The second-order valence-corrected chi connectivity index (χ2v) is 6.33. The van der Waals surface area contributed by atoms with Crippen LogP contribution in [0.5, 0.6) is 11.5 Å². The van der Waals surface area contributed by atoms with Gasteiger partial charge in [-0.3, -0.25) is 4.79 Å². The highest BCUT2D eigenvalue weighted by Crippen LogP contribution is 2.18. The molecule has 1 aliphatic rings. The Labute approximate surface area is 163 Å². The van der Waals surface area contributed by atoms with Gasteiger partial charge in [-0.05, 0) is 49.2 Å². The number of anilines is 1. The molecule has 148 valence electrons. The molecule has 1 heterocycles. The molecule has 3 rings (SSSR count). The lowest BCUT2D eigenvalue weighted by molar-refractivity contribution is -0.119. The highest BCUT2D eigenvalue weighted by Gasteiger charge is 2.16. The Bertz CT molecular complexity index is 799. The van der Waals surface area contributed by atoms with E-state index in [2.05, 4.69) is 5.32 Å². The molecule has 1 atom stereocenters. The summed E-state index contributed by atoms with van der Waals surface area (Å²) in [5.41, 5.74) is 0.909. The third-order valence-corrected chi connectivity index (χ3v) is 4.24. The zero-order valence-corrected chi connectivity index (χ0v) is 15.7. The van der Waals surface area contributed by atoms with E-state index < -0.39 is 11.9 Å². The quantitative estimate of drug-likeness (QED) is 0.704. The number of ether oxygens (including phenoxy) is 4. The van der Waals surface area contributed by atoms with Crippen LogP contribution in [0, 0.1) is 0 Å². The Kier molecular flexibility index (Phi) is 6.86. The lowest BCUT2D eigenvalue weighted by Gasteiger charge is -2.11. The second-order valence-electron chi connectivity index (χ2n) is 6.33. The van der Waals surface area contributed by atoms with Gasteiger partial charge < -0.3 is 24.3 Å². The normalized spacial score (nSPS) is 15.7. The first kappa shape index (κ1) is 19.7. The highest BCUT2D eigenvalue weighted by atomic mass is 16.5. The van der Waals surface area contributed by atoms with Gasteiger partial charge in [0.15, 0.2) is 6.61 Å². The van der Waals surface area contributed by atoms with Gasteiger partial charge in [-0.15, -0.1) is 0 Å². The molecule has 1 unspecified atom stereocenters. The molecule has 2 aromatic rings. The summed E-state index contributed by atoms with van der Waals surface area (Å²) in [5.74, 6) is 0.268. The second kappa shape index (κ2) is 9.75. The van der Waals surface area contributed by atoms with Crippen LogP contribution in [0.2, 0.25) is 0 Å². The van der Waals surface area contributed by atoms with Gasteiger partial charge in [-0.2, -0.15) is 0 Å². The Balaban J connectivity index is 1.44. The van der Waals surface area contributed by atoms with Crippen molar-refractivity contribution in [1.82, 2.24) is 0 Å². The fourth-order valence-electron chi connectivity index (χ4n) is 2.76. The number of methoxy groups -OCH3 is 1. The zero-order chi connectivity index (χ0) is 19.8. The summed E-state index contributed by atoms with van der Waals surface area (Å²) in [7, 11) is 1.54. The lowest BCUT2D eigenvalue weighted by atomic mass is 10.2. The maximum atomic E-state index is 12.1. The molecule has 1 fully saturated rings. The van der Waals surface area contributed by atoms with Crippen LogP contribution in [0.3, 0.4) is 0 Å². The Morgan fingerprint density at radius 1 is 1.14 bits per heavy atom. The van der Waals surface area contributed by atoms with Crippen LogP contribution in [-0.2, 0) is 14.3 Å². The van der Waals surface area contributed by atoms with Crippen LogP contribution in [0.1, 0.15) is 23.2 Å². The third-order valence-electron chi connectivity index (χ3n) is 4.24. The highest BCUT2D eigenvalue weighted by molar-refractivity contribution is 5.95. The number of esters is 1. The van der Waals surface area contributed by atoms with Crippen molar-refractivity contribution in [3.05, 3.63) is 54.1 Å². The number of hydrogen-bond acceptors (Lipinski definition) is 6. The van der Waals surface area contributed by atoms with Crippen LogP contribution in [0.4, 0.5) is 5.69 Å². The first-order chi connectivity index (χ1) is 13.6. The van der Waals surface area contributed by atoms with E-state index in [1.807, 2.05) is 0 Å². The summed E-state index contributed by atoms with van der Waals surface area (Å²) in [6.07, 6.45) is 2.19. The van der Waals surface area contributed by atoms with Crippen molar-refractivity contribution in [2.75, 3.05) is 32.2 Å². The van der Waals surface area contributed by atoms with Crippen molar-refractivity contribution >= 4 is 17.6 Å². The van der Waals surface area contributed by atoms with Crippen molar-refractivity contribution in [1.29, 1.82) is 0 Å². The molecule has 7 nitrogen and oxygen atoms in total. The van der Waals surface area contributed by atoms with E-state index in [1.165, 1.54) is 0 Å². The molecule has 0 radical (unpaired) electrons. The number of rotatable bonds is 8. The van der Waals surface area contributed by atoms with Gasteiger partial charge in [0.25, 0.3) is 5.91 Å². The van der Waals surface area contributed by atoms with E-state index in [0.29, 0.717) is 29.4 Å². The molecule has 0 spiro atoms. The molecular formula is C21H23NO6. The molecular weight excluding hydrogens is 362 g/mol. The summed E-state index contributed by atoms with van der Waals surface area (Å²) in [4.78, 5) is 24.0. The average Bonchev–Trinajstić information content (AvgIpc) is 3.24. The topological polar surface area (TPSA) is 83.1 Å². The van der Waals surface area contributed by atoms with Crippen molar-refractivity contribution in [2.45, 2.75) is 18.9 Å². The van der Waals surface area contributed by atoms with E-state index in [-0.39, 0.29) is 12.7 Å². The van der Waals surface area contributed by atoms with Gasteiger partial charge in [0.1, 0.15) is 18.1 Å². The van der Waals surface area contributed by atoms with Crippen molar-refractivity contribution < 1.29 is 28.5 Å². The summed E-state index contributed by atoms with van der Waals surface area (Å²) >= 11 is 0. The van der Waals surface area contributed by atoms with Gasteiger partial charge in [0, 0.05) is 18.4 Å². The predicted octanol–water partition coefficient (Wildman–Crippen LogP) is 3.05. The summed E-state index contributed by atoms with van der Waals surface area (Å²) in [6, 6.07) is 13.5. The van der Waals surface area contributed by atoms with E-state index in [0.717, 1.165) is 19.4 Å². The van der Waals surface area contributed by atoms with Crippen LogP contribution in [0.15, 0.2) is 48.5 Å². The fourth-order valence-corrected chi connectivity index (χ4v) is 2.76. The number of amides is 1. The largest absolute Gasteiger partial charge is 0.497 e. The molecule has 1 saturated heterocycles. The van der Waals surface area contributed by atoms with Gasteiger partial charge in [-0.1, -0.05) is 6.07 Å². The molecule has 0 aromatic heterocycles. The SMILES string of the molecule is COc1cccc(NC(=O)COC(=O)c2ccc(OCC3CCCO3)cc2)c1. The molecule has 0 saturated carbocycles. The zero-order valence-electron chi connectivity index (χ0n) is 15.7. The number of nitrogens with one attached hydrogen (secondary N) is 1. The minimum Gasteiger partial charge on any atom is -0.497 e. The molecule has 2 aromatic carbocycles. The maximum Gasteiger partial charge on any atom is 0.338 e. The first-order valence-electron chi connectivity index (χ1n) is 9.09. The van der Waals surface area contributed by atoms with Gasteiger partial charge in [0.2, 0.25) is 0 Å². The minimum atomic E-state index is -0.577. The predicted molar refractivity (Wildman–Crippen MR) is 103 cm³/mol. The molecule has 0 aliphatic carbocycles. The molecule has 1 N–H and O–H groups in total.